The van der Waals surface area contributed by atoms with Gasteiger partial charge >= 0.3 is 0 Å². The fourth-order valence-electron chi connectivity index (χ4n) is 11.7. The van der Waals surface area contributed by atoms with Gasteiger partial charge in [-0.3, -0.25) is 0 Å². The number of hydrogen-bond acceptors (Lipinski definition) is 2. The number of nitrogens with zero attached hydrogens (tertiary/aromatic N) is 1. The van der Waals surface area contributed by atoms with E-state index in [9.17, 15) is 0 Å². The fraction of sp³-hybridized carbons (Fsp3) is 0.167. The van der Waals surface area contributed by atoms with E-state index in [1.807, 2.05) is 0 Å². The standard InChI is InChI=1S/C60H49BN2/c1-36-28-31-52(45(32-36)37-18-9-7-6-8-10-19-37)63-53-34-49-46(41-22-13-15-26-47(41)59(49,2)3)33-51(53)61-57-54(63)35-50-55(43-23-14-16-27-48(43)60(50,4)5)56(57)44-25-17-24-42(58(44)62)40-30-29-38-20-11-12-21-39(38)40/h9,11-28,30-35,61H,7,10,29,62H2,1-5H3/b18-9-,37-19+. The highest BCUT2D eigenvalue weighted by molar-refractivity contribution is 6.73. The van der Waals surface area contributed by atoms with Crippen molar-refractivity contribution in [1.82, 2.24) is 0 Å². The fourth-order valence-corrected chi connectivity index (χ4v) is 11.7. The molecule has 3 heteroatoms. The Morgan fingerprint density at radius 3 is 2.08 bits per heavy atom. The van der Waals surface area contributed by atoms with Gasteiger partial charge in [-0.05, 0) is 115 Å². The predicted molar refractivity (Wildman–Crippen MR) is 269 cm³/mol. The van der Waals surface area contributed by atoms with Crippen LogP contribution >= 0.6 is 0 Å². The summed E-state index contributed by atoms with van der Waals surface area (Å²) in [5, 5.41) is 0. The lowest BCUT2D eigenvalue weighted by atomic mass is 9.56. The molecule has 0 bridgehead atoms. The summed E-state index contributed by atoms with van der Waals surface area (Å²) in [6.07, 6.45) is 11.6. The third-order valence-electron chi connectivity index (χ3n) is 14.9. The lowest BCUT2D eigenvalue weighted by Gasteiger charge is -2.39. The van der Waals surface area contributed by atoms with E-state index in [1.54, 1.807) is 0 Å². The van der Waals surface area contributed by atoms with E-state index in [0.717, 1.165) is 43.4 Å². The van der Waals surface area contributed by atoms with E-state index in [2.05, 4.69) is 203 Å². The SMILES string of the molecule is Cc1ccc(N2c3cc4c(cc3Bc3c2cc2c(c3-c3cccc(C5=CCc6ccccc65)c3N)-c3ccccc3C2(C)C)-c2ccccc2C4(C)C)c(C2=C/CC#CC/C=C\2)c1. The summed E-state index contributed by atoms with van der Waals surface area (Å²) in [4.78, 5) is 2.63. The number of nitrogen functional groups attached to an aromatic ring is 1. The van der Waals surface area contributed by atoms with Crippen molar-refractivity contribution in [2.45, 2.75) is 64.7 Å². The first-order valence-electron chi connectivity index (χ1n) is 22.6. The van der Waals surface area contributed by atoms with Gasteiger partial charge in [0.1, 0.15) is 0 Å². The highest BCUT2D eigenvalue weighted by Crippen LogP contribution is 2.57. The minimum absolute atomic E-state index is 0.151. The normalized spacial score (nSPS) is 17.7. The van der Waals surface area contributed by atoms with Crippen molar-refractivity contribution in [2.24, 2.45) is 0 Å². The number of rotatable bonds is 4. The molecule has 7 aromatic rings. The molecule has 2 N–H and O–H groups in total. The Morgan fingerprint density at radius 1 is 0.556 bits per heavy atom. The molecule has 0 amide bonds. The average molecular weight is 809 g/mol. The zero-order valence-electron chi connectivity index (χ0n) is 36.8. The van der Waals surface area contributed by atoms with Crippen LogP contribution in [0.4, 0.5) is 22.7 Å². The Labute approximate surface area is 372 Å². The van der Waals surface area contributed by atoms with Gasteiger partial charge in [-0.25, -0.2) is 0 Å². The van der Waals surface area contributed by atoms with Crippen molar-refractivity contribution >= 4 is 52.1 Å². The van der Waals surface area contributed by atoms with E-state index < -0.39 is 0 Å². The second-order valence-electron chi connectivity index (χ2n) is 19.1. The van der Waals surface area contributed by atoms with E-state index >= 15 is 0 Å². The molecular weight excluding hydrogens is 759 g/mol. The second kappa shape index (κ2) is 13.7. The first kappa shape index (κ1) is 37.7. The molecule has 0 atom stereocenters. The summed E-state index contributed by atoms with van der Waals surface area (Å²) in [6.45, 7) is 11.8. The van der Waals surface area contributed by atoms with Gasteiger partial charge in [-0.15, -0.1) is 0 Å². The monoisotopic (exact) mass is 808 g/mol. The Bertz CT molecular complexity index is 3320. The van der Waals surface area contributed by atoms with Gasteiger partial charge in [-0.1, -0.05) is 178 Å². The van der Waals surface area contributed by atoms with Crippen LogP contribution in [0.25, 0.3) is 44.5 Å². The lowest BCUT2D eigenvalue weighted by Crippen LogP contribution is -2.42. The van der Waals surface area contributed by atoms with Gasteiger partial charge in [0.2, 0.25) is 0 Å². The maximum atomic E-state index is 7.65. The Hall–Kier alpha value is -7.02. The molecule has 7 aromatic carbocycles. The summed E-state index contributed by atoms with van der Waals surface area (Å²) in [5.41, 5.74) is 36.1. The highest BCUT2D eigenvalue weighted by Gasteiger charge is 2.43. The molecule has 0 aromatic heterocycles. The number of hydrogen-bond donors (Lipinski definition) is 1. The van der Waals surface area contributed by atoms with Crippen LogP contribution in [0.3, 0.4) is 0 Å². The molecule has 0 radical (unpaired) electrons. The van der Waals surface area contributed by atoms with E-state index in [4.69, 9.17) is 5.73 Å². The number of aryl methyl sites for hydroxylation is 1. The number of nitrogens with two attached hydrogens (primary N) is 1. The third kappa shape index (κ3) is 5.47. The molecule has 63 heavy (non-hydrogen) atoms. The number of fused-ring (bicyclic) bond motifs is 9. The molecule has 5 aliphatic rings. The number of anilines is 4. The molecule has 302 valence electrons. The molecule has 0 unspecified atom stereocenters. The molecule has 4 aliphatic carbocycles. The van der Waals surface area contributed by atoms with Crippen molar-refractivity contribution in [2.75, 3.05) is 10.6 Å². The largest absolute Gasteiger partial charge is 0.398 e. The van der Waals surface area contributed by atoms with Crippen LogP contribution in [0.5, 0.6) is 0 Å². The molecule has 1 heterocycles. The van der Waals surface area contributed by atoms with Crippen molar-refractivity contribution in [3.8, 4) is 45.2 Å². The molecule has 0 spiro atoms. The number of para-hydroxylation sites is 1. The quantitative estimate of drug-likeness (QED) is 0.109. The number of allylic oxidation sites excluding steroid dienone is 5. The summed E-state index contributed by atoms with van der Waals surface area (Å²) in [6, 6.07) is 48.3. The van der Waals surface area contributed by atoms with Crippen LogP contribution in [0, 0.1) is 18.8 Å². The van der Waals surface area contributed by atoms with Gasteiger partial charge in [0, 0.05) is 57.4 Å². The molecule has 0 saturated carbocycles. The van der Waals surface area contributed by atoms with Crippen LogP contribution in [-0.4, -0.2) is 7.28 Å². The zero-order chi connectivity index (χ0) is 42.8. The molecule has 1 aliphatic heterocycles. The number of benzene rings is 7. The van der Waals surface area contributed by atoms with E-state index in [1.165, 1.54) is 111 Å². The van der Waals surface area contributed by atoms with Crippen LogP contribution in [0.2, 0.25) is 0 Å². The van der Waals surface area contributed by atoms with Crippen LogP contribution in [0.15, 0.2) is 152 Å². The molecule has 12 rings (SSSR count). The summed E-state index contributed by atoms with van der Waals surface area (Å²) in [5.74, 6) is 6.68. The van der Waals surface area contributed by atoms with Crippen LogP contribution in [-0.2, 0) is 17.3 Å². The predicted octanol–water partition coefficient (Wildman–Crippen LogP) is 12.8. The van der Waals surface area contributed by atoms with Crippen molar-refractivity contribution in [1.29, 1.82) is 0 Å². The Balaban J connectivity index is 1.19. The summed E-state index contributed by atoms with van der Waals surface area (Å²) >= 11 is 0. The Morgan fingerprint density at radius 2 is 1.24 bits per heavy atom. The highest BCUT2D eigenvalue weighted by atomic mass is 15.2. The smallest absolute Gasteiger partial charge is 0.198 e. The first-order valence-corrected chi connectivity index (χ1v) is 22.6. The summed E-state index contributed by atoms with van der Waals surface area (Å²) in [7, 11) is 0.775. The van der Waals surface area contributed by atoms with Crippen molar-refractivity contribution in [3.63, 3.8) is 0 Å². The minimum Gasteiger partial charge on any atom is -0.398 e. The van der Waals surface area contributed by atoms with E-state index in [-0.39, 0.29) is 10.8 Å². The maximum absolute atomic E-state index is 7.65. The third-order valence-corrected chi connectivity index (χ3v) is 14.9. The molecule has 2 nitrogen and oxygen atoms in total. The molecule has 0 saturated heterocycles. The Kier molecular flexibility index (Phi) is 8.23. The average Bonchev–Trinajstić information content (AvgIpc) is 3.88. The van der Waals surface area contributed by atoms with Crippen molar-refractivity contribution in [3.05, 3.63) is 202 Å². The maximum Gasteiger partial charge on any atom is 0.198 e. The zero-order valence-corrected chi connectivity index (χ0v) is 36.8. The van der Waals surface area contributed by atoms with Gasteiger partial charge in [0.15, 0.2) is 7.28 Å². The van der Waals surface area contributed by atoms with Gasteiger partial charge in [0.25, 0.3) is 0 Å². The lowest BCUT2D eigenvalue weighted by molar-refractivity contribution is 0.660. The van der Waals surface area contributed by atoms with Gasteiger partial charge < -0.3 is 10.6 Å². The van der Waals surface area contributed by atoms with Crippen LogP contribution < -0.4 is 21.6 Å². The second-order valence-corrected chi connectivity index (χ2v) is 19.1. The van der Waals surface area contributed by atoms with Gasteiger partial charge in [-0.2, -0.15) is 0 Å². The van der Waals surface area contributed by atoms with Crippen molar-refractivity contribution < 1.29 is 0 Å². The van der Waals surface area contributed by atoms with Crippen LogP contribution in [0.1, 0.15) is 90.6 Å². The topological polar surface area (TPSA) is 29.3 Å². The minimum atomic E-state index is -0.248. The summed E-state index contributed by atoms with van der Waals surface area (Å²) < 4.78 is 0. The van der Waals surface area contributed by atoms with Gasteiger partial charge in [0.05, 0.1) is 5.69 Å². The molecule has 0 fully saturated rings. The van der Waals surface area contributed by atoms with E-state index in [0.29, 0.717) is 0 Å². The molecular formula is C60H49BN2. The first-order chi connectivity index (χ1) is 30.6.